The number of benzene rings is 1. The highest BCUT2D eigenvalue weighted by molar-refractivity contribution is 8.18. The van der Waals surface area contributed by atoms with E-state index in [9.17, 15) is 9.59 Å². The van der Waals surface area contributed by atoms with Crippen LogP contribution in [-0.2, 0) is 4.79 Å². The summed E-state index contributed by atoms with van der Waals surface area (Å²) in [4.78, 5) is 41.1. The lowest BCUT2D eigenvalue weighted by Gasteiger charge is -2.36. The van der Waals surface area contributed by atoms with Crippen molar-refractivity contribution in [3.05, 3.63) is 53.2 Å². The number of aromatic nitrogens is 3. The maximum absolute atomic E-state index is 15.2. The molecule has 3 aromatic rings. The first-order chi connectivity index (χ1) is 16.5. The number of pyridine rings is 1. The van der Waals surface area contributed by atoms with E-state index < -0.39 is 11.1 Å². The van der Waals surface area contributed by atoms with Crippen molar-refractivity contribution in [2.75, 3.05) is 37.6 Å². The van der Waals surface area contributed by atoms with Crippen molar-refractivity contribution < 1.29 is 14.0 Å². The minimum Gasteiger partial charge on any atom is -0.367 e. The lowest BCUT2D eigenvalue weighted by atomic mass is 10.1. The van der Waals surface area contributed by atoms with Gasteiger partial charge in [0.15, 0.2) is 0 Å². The summed E-state index contributed by atoms with van der Waals surface area (Å²) in [6.45, 7) is 6.69. The van der Waals surface area contributed by atoms with Crippen LogP contribution in [0.25, 0.3) is 28.2 Å². The Balaban J connectivity index is 1.45. The van der Waals surface area contributed by atoms with Crippen LogP contribution in [0.1, 0.15) is 19.0 Å². The van der Waals surface area contributed by atoms with Gasteiger partial charge in [-0.1, -0.05) is 13.0 Å². The molecule has 34 heavy (non-hydrogen) atoms. The van der Waals surface area contributed by atoms with Crippen molar-refractivity contribution in [2.45, 2.75) is 13.3 Å². The van der Waals surface area contributed by atoms with Gasteiger partial charge in [-0.05, 0) is 49.0 Å². The fourth-order valence-electron chi connectivity index (χ4n) is 4.28. The summed E-state index contributed by atoms with van der Waals surface area (Å²) in [5, 5.41) is 2.49. The lowest BCUT2D eigenvalue weighted by Crippen LogP contribution is -2.46. The van der Waals surface area contributed by atoms with Crippen LogP contribution in [0.4, 0.5) is 14.9 Å². The Morgan fingerprint density at radius 3 is 2.65 bits per heavy atom. The minimum atomic E-state index is -0.449. The van der Waals surface area contributed by atoms with E-state index in [1.165, 1.54) is 12.4 Å². The summed E-state index contributed by atoms with van der Waals surface area (Å²) in [5.41, 5.74) is 2.89. The van der Waals surface area contributed by atoms with Gasteiger partial charge in [0.05, 0.1) is 33.7 Å². The molecule has 10 heteroatoms. The molecule has 0 bridgehead atoms. The van der Waals surface area contributed by atoms with E-state index in [-0.39, 0.29) is 10.7 Å². The van der Waals surface area contributed by atoms with Gasteiger partial charge in [0.2, 0.25) is 0 Å². The van der Waals surface area contributed by atoms with Crippen LogP contribution in [0.3, 0.4) is 0 Å². The van der Waals surface area contributed by atoms with Crippen LogP contribution < -0.4 is 10.2 Å². The van der Waals surface area contributed by atoms with E-state index >= 15 is 4.39 Å². The van der Waals surface area contributed by atoms with E-state index in [1.54, 1.807) is 18.3 Å². The fourth-order valence-corrected chi connectivity index (χ4v) is 4.95. The third-order valence-electron chi connectivity index (χ3n) is 5.94. The second-order valence-electron chi connectivity index (χ2n) is 8.20. The number of anilines is 1. The smallest absolute Gasteiger partial charge is 0.290 e. The van der Waals surface area contributed by atoms with E-state index in [2.05, 4.69) is 37.0 Å². The maximum Gasteiger partial charge on any atom is 0.290 e. The van der Waals surface area contributed by atoms with Crippen molar-refractivity contribution in [3.8, 4) is 11.3 Å². The number of halogens is 1. The number of carbonyl (C=O) groups is 2. The van der Waals surface area contributed by atoms with Gasteiger partial charge in [0, 0.05) is 37.1 Å². The molecule has 174 valence electrons. The highest BCUT2D eigenvalue weighted by Gasteiger charge is 2.25. The summed E-state index contributed by atoms with van der Waals surface area (Å²) < 4.78 is 15.2. The minimum absolute atomic E-state index is 0.268. The molecule has 1 aromatic carbocycles. The number of thioether (sulfide) groups is 1. The average molecular weight is 479 g/mol. The van der Waals surface area contributed by atoms with Crippen LogP contribution in [-0.4, -0.2) is 63.7 Å². The number of nitrogens with zero attached hydrogens (tertiary/aromatic N) is 5. The molecule has 2 aliphatic heterocycles. The highest BCUT2D eigenvalue weighted by Crippen LogP contribution is 2.31. The second-order valence-corrected chi connectivity index (χ2v) is 9.21. The van der Waals surface area contributed by atoms with Crippen molar-refractivity contribution in [3.63, 3.8) is 0 Å². The van der Waals surface area contributed by atoms with Gasteiger partial charge in [0.1, 0.15) is 12.1 Å². The molecule has 0 spiro atoms. The first kappa shape index (κ1) is 22.4. The van der Waals surface area contributed by atoms with Gasteiger partial charge >= 0.3 is 0 Å². The number of nitrogens with one attached hydrogen (secondary N) is 1. The van der Waals surface area contributed by atoms with Crippen molar-refractivity contribution in [1.29, 1.82) is 0 Å². The van der Waals surface area contributed by atoms with Crippen molar-refractivity contribution in [2.24, 2.45) is 0 Å². The molecule has 0 radical (unpaired) electrons. The molecule has 0 unspecified atom stereocenters. The summed E-state index contributed by atoms with van der Waals surface area (Å²) in [6.07, 6.45) is 5.67. The van der Waals surface area contributed by atoms with E-state index in [4.69, 9.17) is 0 Å². The SMILES string of the molecule is CCCN1CCN(c2ccc(-c3ncnc4cnc(C=C5SC(=O)NC5=O)cc34)cc2F)CC1. The zero-order chi connectivity index (χ0) is 23.7. The van der Waals surface area contributed by atoms with Crippen LogP contribution in [0, 0.1) is 5.82 Å². The molecule has 4 heterocycles. The number of rotatable bonds is 5. The third-order valence-corrected chi connectivity index (χ3v) is 6.75. The molecular weight excluding hydrogens is 455 g/mol. The van der Waals surface area contributed by atoms with Crippen molar-refractivity contribution in [1.82, 2.24) is 25.2 Å². The summed E-state index contributed by atoms with van der Waals surface area (Å²) >= 11 is 0.827. The van der Waals surface area contributed by atoms with E-state index in [0.717, 1.165) is 50.9 Å². The predicted molar refractivity (Wildman–Crippen MR) is 131 cm³/mol. The zero-order valence-corrected chi connectivity index (χ0v) is 19.4. The molecule has 2 aromatic heterocycles. The Morgan fingerprint density at radius 2 is 1.94 bits per heavy atom. The molecule has 0 atom stereocenters. The summed E-state index contributed by atoms with van der Waals surface area (Å²) in [7, 11) is 0. The topological polar surface area (TPSA) is 91.3 Å². The molecule has 0 saturated carbocycles. The van der Waals surface area contributed by atoms with Gasteiger partial charge in [-0.25, -0.2) is 14.4 Å². The number of hydrogen-bond acceptors (Lipinski definition) is 8. The Bertz CT molecular complexity index is 1310. The first-order valence-electron chi connectivity index (χ1n) is 11.1. The molecule has 1 N–H and O–H groups in total. The van der Waals surface area contributed by atoms with Crippen LogP contribution in [0.5, 0.6) is 0 Å². The molecule has 2 saturated heterocycles. The highest BCUT2D eigenvalue weighted by atomic mass is 32.2. The molecule has 8 nitrogen and oxygen atoms in total. The molecule has 2 aliphatic rings. The number of carbonyl (C=O) groups excluding carboxylic acids is 2. The summed E-state index contributed by atoms with van der Waals surface area (Å²) in [5.74, 6) is -0.739. The number of fused-ring (bicyclic) bond motifs is 1. The monoisotopic (exact) mass is 478 g/mol. The fraction of sp³-hybridized carbons (Fsp3) is 0.292. The largest absolute Gasteiger partial charge is 0.367 e. The Kier molecular flexibility index (Phi) is 6.25. The molecule has 0 aliphatic carbocycles. The first-order valence-corrected chi connectivity index (χ1v) is 12.0. The van der Waals surface area contributed by atoms with Crippen molar-refractivity contribution >= 4 is 45.6 Å². The Morgan fingerprint density at radius 1 is 1.12 bits per heavy atom. The Hall–Kier alpha value is -3.37. The molecular formula is C24H23FN6O2S. The predicted octanol–water partition coefficient (Wildman–Crippen LogP) is 3.69. The number of piperazine rings is 1. The lowest BCUT2D eigenvalue weighted by molar-refractivity contribution is -0.115. The van der Waals surface area contributed by atoms with Gasteiger partial charge in [0.25, 0.3) is 11.1 Å². The maximum atomic E-state index is 15.2. The van der Waals surface area contributed by atoms with Crippen LogP contribution in [0.15, 0.2) is 41.7 Å². The van der Waals surface area contributed by atoms with Gasteiger partial charge in [-0.15, -0.1) is 0 Å². The quantitative estimate of drug-likeness (QED) is 0.556. The summed E-state index contributed by atoms with van der Waals surface area (Å²) in [6, 6.07) is 6.93. The average Bonchev–Trinajstić information content (AvgIpc) is 3.15. The second kappa shape index (κ2) is 9.47. The van der Waals surface area contributed by atoms with E-state index in [0.29, 0.717) is 33.5 Å². The van der Waals surface area contributed by atoms with E-state index in [1.807, 2.05) is 12.1 Å². The molecule has 2 fully saturated rings. The standard InChI is InChI=1S/C24H23FN6O2S/c1-2-5-30-6-8-31(9-7-30)20-4-3-15(10-18(20)25)22-17-11-16(26-13-19(17)27-14-28-22)12-21-23(32)29-24(33)34-21/h3-4,10-14H,2,5-9H2,1H3,(H,29,32,33). The Labute approximate surface area is 200 Å². The molecule has 2 amide bonds. The van der Waals surface area contributed by atoms with Crippen LogP contribution in [0.2, 0.25) is 0 Å². The number of imide groups is 1. The third kappa shape index (κ3) is 4.51. The van der Waals surface area contributed by atoms with Crippen LogP contribution >= 0.6 is 11.8 Å². The van der Waals surface area contributed by atoms with Gasteiger partial charge < -0.3 is 4.90 Å². The number of hydrogen-bond donors (Lipinski definition) is 1. The normalized spacial score (nSPS) is 18.2. The van der Waals surface area contributed by atoms with Gasteiger partial charge in [-0.2, -0.15) is 0 Å². The molecule has 5 rings (SSSR count). The zero-order valence-electron chi connectivity index (χ0n) is 18.6. The van der Waals surface area contributed by atoms with Gasteiger partial charge in [-0.3, -0.25) is 24.8 Å². The number of amides is 2.